The van der Waals surface area contributed by atoms with Crippen LogP contribution in [0, 0.1) is 6.92 Å². The summed E-state index contributed by atoms with van der Waals surface area (Å²) in [6, 6.07) is 5.13. The summed E-state index contributed by atoms with van der Waals surface area (Å²) in [5.41, 5.74) is 10.6. The van der Waals surface area contributed by atoms with Gasteiger partial charge >= 0.3 is 6.03 Å². The number of aliphatic imine (C=N–C) groups is 1. The van der Waals surface area contributed by atoms with Gasteiger partial charge in [-0.1, -0.05) is 17.7 Å². The molecule has 0 aliphatic rings. The minimum atomic E-state index is -3.92. The number of carbonyl (C=O) groups is 1. The van der Waals surface area contributed by atoms with Crippen molar-refractivity contribution < 1.29 is 13.2 Å². The Morgan fingerprint density at radius 1 is 1.24 bits per heavy atom. The van der Waals surface area contributed by atoms with E-state index in [2.05, 4.69) is 15.8 Å². The van der Waals surface area contributed by atoms with Crippen LogP contribution in [0.5, 0.6) is 0 Å². The number of sulfonamides is 1. The number of guanidine groups is 1. The molecule has 0 aliphatic heterocycles. The van der Waals surface area contributed by atoms with Crippen LogP contribution in [0.1, 0.15) is 12.5 Å². The largest absolute Gasteiger partial charge is 0.369 e. The van der Waals surface area contributed by atoms with Gasteiger partial charge in [0.1, 0.15) is 0 Å². The summed E-state index contributed by atoms with van der Waals surface area (Å²) in [5.74, 6) is -0.0182. The van der Waals surface area contributed by atoms with E-state index < -0.39 is 16.1 Å². The Morgan fingerprint density at radius 3 is 2.33 bits per heavy atom. The van der Waals surface area contributed by atoms with Gasteiger partial charge in [-0.2, -0.15) is 0 Å². The molecule has 0 bridgehead atoms. The number of hydrogen-bond acceptors (Lipinski definition) is 4. The SMILES string of the molecule is CCN=C(N)NNC(=O)NS(=O)(=O)c1ccc(C)cc1.Cl. The summed E-state index contributed by atoms with van der Waals surface area (Å²) >= 11 is 0. The Balaban J connectivity index is 0.00000400. The molecule has 0 aromatic heterocycles. The third-order valence-corrected chi connectivity index (χ3v) is 3.54. The lowest BCUT2D eigenvalue weighted by Crippen LogP contribution is -2.50. The van der Waals surface area contributed by atoms with Gasteiger partial charge in [-0.3, -0.25) is 10.4 Å². The van der Waals surface area contributed by atoms with Crippen LogP contribution in [-0.2, 0) is 10.0 Å². The van der Waals surface area contributed by atoms with Crippen LogP contribution in [0.2, 0.25) is 0 Å². The molecular formula is C11H18ClN5O3S. The van der Waals surface area contributed by atoms with Crippen molar-refractivity contribution in [3.05, 3.63) is 29.8 Å². The summed E-state index contributed by atoms with van der Waals surface area (Å²) in [5, 5.41) is 0. The zero-order valence-corrected chi connectivity index (χ0v) is 13.2. The van der Waals surface area contributed by atoms with Gasteiger partial charge in [0, 0.05) is 6.54 Å². The van der Waals surface area contributed by atoms with E-state index in [9.17, 15) is 13.2 Å². The lowest BCUT2D eigenvalue weighted by atomic mass is 10.2. The van der Waals surface area contributed by atoms with Gasteiger partial charge in [0.05, 0.1) is 4.90 Å². The van der Waals surface area contributed by atoms with Crippen LogP contribution < -0.4 is 21.3 Å². The van der Waals surface area contributed by atoms with Gasteiger partial charge in [0.25, 0.3) is 10.0 Å². The smallest absolute Gasteiger partial charge is 0.347 e. The van der Waals surface area contributed by atoms with Crippen molar-refractivity contribution >= 4 is 34.4 Å². The molecule has 8 nitrogen and oxygen atoms in total. The topological polar surface area (TPSA) is 126 Å². The molecule has 5 N–H and O–H groups in total. The molecule has 0 fully saturated rings. The van der Waals surface area contributed by atoms with Crippen molar-refractivity contribution in [2.45, 2.75) is 18.7 Å². The number of hydrazine groups is 1. The first kappa shape index (κ1) is 19.0. The Morgan fingerprint density at radius 2 is 1.81 bits per heavy atom. The number of nitrogens with two attached hydrogens (primary N) is 1. The quantitative estimate of drug-likeness (QED) is 0.358. The average molecular weight is 336 g/mol. The molecule has 2 amide bonds. The maximum atomic E-state index is 11.9. The van der Waals surface area contributed by atoms with Crippen LogP contribution in [0.15, 0.2) is 34.2 Å². The summed E-state index contributed by atoms with van der Waals surface area (Å²) in [7, 11) is -3.92. The molecule has 21 heavy (non-hydrogen) atoms. The minimum Gasteiger partial charge on any atom is -0.369 e. The molecule has 0 radical (unpaired) electrons. The molecule has 0 spiro atoms. The predicted molar refractivity (Wildman–Crippen MR) is 82.6 cm³/mol. The van der Waals surface area contributed by atoms with E-state index in [0.717, 1.165) is 5.56 Å². The molecular weight excluding hydrogens is 318 g/mol. The van der Waals surface area contributed by atoms with E-state index in [1.165, 1.54) is 12.1 Å². The molecule has 0 saturated heterocycles. The highest BCUT2D eigenvalue weighted by atomic mass is 35.5. The number of hydrogen-bond donors (Lipinski definition) is 4. The van der Waals surface area contributed by atoms with Crippen molar-refractivity contribution in [3.8, 4) is 0 Å². The monoisotopic (exact) mass is 335 g/mol. The number of benzene rings is 1. The third kappa shape index (κ3) is 6.32. The average Bonchev–Trinajstić information content (AvgIpc) is 2.37. The molecule has 0 unspecified atom stereocenters. The van der Waals surface area contributed by atoms with Crippen molar-refractivity contribution in [3.63, 3.8) is 0 Å². The minimum absolute atomic E-state index is 0. The molecule has 10 heteroatoms. The number of rotatable bonds is 3. The van der Waals surface area contributed by atoms with Crippen molar-refractivity contribution in [1.29, 1.82) is 0 Å². The summed E-state index contributed by atoms with van der Waals surface area (Å²) in [6.45, 7) is 4.02. The van der Waals surface area contributed by atoms with Gasteiger partial charge in [-0.25, -0.2) is 23.4 Å². The van der Waals surface area contributed by atoms with Gasteiger partial charge in [0.15, 0.2) is 0 Å². The number of halogens is 1. The van der Waals surface area contributed by atoms with Gasteiger partial charge < -0.3 is 5.73 Å². The maximum Gasteiger partial charge on any atom is 0.347 e. The zero-order chi connectivity index (χ0) is 15.2. The summed E-state index contributed by atoms with van der Waals surface area (Å²) < 4.78 is 25.6. The van der Waals surface area contributed by atoms with Crippen molar-refractivity contribution in [1.82, 2.24) is 15.6 Å². The Kier molecular flexibility index (Phi) is 7.53. The van der Waals surface area contributed by atoms with Crippen LogP contribution in [0.3, 0.4) is 0 Å². The first-order valence-electron chi connectivity index (χ1n) is 5.80. The van der Waals surface area contributed by atoms with E-state index >= 15 is 0 Å². The molecule has 118 valence electrons. The van der Waals surface area contributed by atoms with Gasteiger partial charge in [0.2, 0.25) is 5.96 Å². The molecule has 1 aromatic rings. The van der Waals surface area contributed by atoms with Crippen LogP contribution in [0.4, 0.5) is 4.79 Å². The number of carbonyl (C=O) groups excluding carboxylic acids is 1. The van der Waals surface area contributed by atoms with E-state index in [-0.39, 0.29) is 23.3 Å². The summed E-state index contributed by atoms with van der Waals surface area (Å²) in [4.78, 5) is 15.2. The van der Waals surface area contributed by atoms with E-state index in [1.54, 1.807) is 19.1 Å². The highest BCUT2D eigenvalue weighted by molar-refractivity contribution is 7.90. The molecule has 1 aromatic carbocycles. The highest BCUT2D eigenvalue weighted by Gasteiger charge is 2.17. The Bertz CT molecular complexity index is 601. The number of aryl methyl sites for hydroxylation is 1. The molecule has 0 aliphatic carbocycles. The molecule has 1 rings (SSSR count). The fraction of sp³-hybridized carbons (Fsp3) is 0.273. The Hall–Kier alpha value is -2.00. The van der Waals surface area contributed by atoms with Crippen LogP contribution in [0.25, 0.3) is 0 Å². The normalized spacial score (nSPS) is 11.2. The molecule has 0 heterocycles. The highest BCUT2D eigenvalue weighted by Crippen LogP contribution is 2.09. The number of nitrogens with one attached hydrogen (secondary N) is 3. The van der Waals surface area contributed by atoms with Gasteiger partial charge in [-0.15, -0.1) is 12.4 Å². The first-order valence-corrected chi connectivity index (χ1v) is 7.29. The van der Waals surface area contributed by atoms with Crippen LogP contribution in [-0.4, -0.2) is 27.0 Å². The number of urea groups is 1. The Labute approximate surface area is 129 Å². The third-order valence-electron chi connectivity index (χ3n) is 2.19. The lowest BCUT2D eigenvalue weighted by Gasteiger charge is -2.10. The van der Waals surface area contributed by atoms with E-state index in [0.29, 0.717) is 6.54 Å². The fourth-order valence-corrected chi connectivity index (χ4v) is 2.16. The predicted octanol–water partition coefficient (Wildman–Crippen LogP) is 0.244. The molecule has 0 atom stereocenters. The first-order chi connectivity index (χ1) is 9.35. The standard InChI is InChI=1S/C11H17N5O3S.ClH/c1-3-13-10(12)14-15-11(17)16-20(18,19)9-6-4-8(2)5-7-9;/h4-7H,3H2,1-2H3,(H3,12,13,14)(H2,15,16,17);1H. The van der Waals surface area contributed by atoms with Crippen molar-refractivity contribution in [2.75, 3.05) is 6.54 Å². The lowest BCUT2D eigenvalue weighted by molar-refractivity contribution is 0.244. The maximum absolute atomic E-state index is 11.9. The number of nitrogens with zero attached hydrogens (tertiary/aromatic N) is 1. The van der Waals surface area contributed by atoms with Crippen molar-refractivity contribution in [2.24, 2.45) is 10.7 Å². The summed E-state index contributed by atoms with van der Waals surface area (Å²) in [6.07, 6.45) is 0. The van der Waals surface area contributed by atoms with E-state index in [1.807, 2.05) is 11.6 Å². The molecule has 0 saturated carbocycles. The second-order valence-corrected chi connectivity index (χ2v) is 5.54. The van der Waals surface area contributed by atoms with Gasteiger partial charge in [-0.05, 0) is 26.0 Å². The second-order valence-electron chi connectivity index (χ2n) is 3.86. The number of amides is 2. The zero-order valence-electron chi connectivity index (χ0n) is 11.6. The fourth-order valence-electron chi connectivity index (χ4n) is 1.25. The van der Waals surface area contributed by atoms with E-state index in [4.69, 9.17) is 5.73 Å². The van der Waals surface area contributed by atoms with Crippen LogP contribution >= 0.6 is 12.4 Å². The second kappa shape index (κ2) is 8.32.